The summed E-state index contributed by atoms with van der Waals surface area (Å²) in [7, 11) is 0. The van der Waals surface area contributed by atoms with Gasteiger partial charge in [0.15, 0.2) is 5.67 Å². The van der Waals surface area contributed by atoms with Crippen molar-refractivity contribution in [2.45, 2.75) is 50.6 Å². The summed E-state index contributed by atoms with van der Waals surface area (Å²) >= 11 is 0. The molecule has 1 saturated carbocycles. The minimum atomic E-state index is -4.30. The lowest BCUT2D eigenvalue weighted by Crippen LogP contribution is -2.53. The molecular formula is C10H15F3O2. The highest BCUT2D eigenvalue weighted by atomic mass is 19.3. The Balaban J connectivity index is 2.84. The van der Waals surface area contributed by atoms with E-state index in [0.29, 0.717) is 32.6 Å². The molecule has 1 rings (SSSR count). The Labute approximate surface area is 86.5 Å². The van der Waals surface area contributed by atoms with E-state index < -0.39 is 23.5 Å². The van der Waals surface area contributed by atoms with Crippen molar-refractivity contribution in [3.05, 3.63) is 0 Å². The van der Waals surface area contributed by atoms with Crippen LogP contribution in [0.15, 0.2) is 0 Å². The van der Waals surface area contributed by atoms with Gasteiger partial charge < -0.3 is 5.11 Å². The molecule has 0 aromatic heterocycles. The third-order valence-corrected chi connectivity index (χ3v) is 3.25. The van der Waals surface area contributed by atoms with E-state index in [2.05, 4.69) is 0 Å². The molecular weight excluding hydrogens is 209 g/mol. The Morgan fingerprint density at radius 2 is 1.67 bits per heavy atom. The molecule has 1 aliphatic carbocycles. The van der Waals surface area contributed by atoms with Gasteiger partial charge in [-0.2, -0.15) is 8.78 Å². The molecule has 88 valence electrons. The zero-order chi connectivity index (χ0) is 11.7. The molecule has 1 aliphatic rings. The van der Waals surface area contributed by atoms with E-state index in [0.717, 1.165) is 6.42 Å². The molecule has 0 radical (unpaired) electrons. The first-order chi connectivity index (χ1) is 6.80. The molecule has 5 heteroatoms. The second-order valence-electron chi connectivity index (χ2n) is 4.29. The minimum absolute atomic E-state index is 0.343. The molecule has 2 nitrogen and oxygen atoms in total. The Morgan fingerprint density at radius 1 is 1.20 bits per heavy atom. The van der Waals surface area contributed by atoms with Gasteiger partial charge in [0.1, 0.15) is 0 Å². The number of hydrogen-bond acceptors (Lipinski definition) is 1. The molecule has 0 bridgehead atoms. The van der Waals surface area contributed by atoms with E-state index in [1.54, 1.807) is 0 Å². The number of carboxylic acid groups (broad SMARTS) is 1. The van der Waals surface area contributed by atoms with Crippen molar-refractivity contribution in [1.29, 1.82) is 0 Å². The highest BCUT2D eigenvalue weighted by molar-refractivity contribution is 5.77. The Hall–Kier alpha value is -0.740. The second-order valence-corrected chi connectivity index (χ2v) is 4.29. The van der Waals surface area contributed by atoms with Crippen molar-refractivity contribution in [3.63, 3.8) is 0 Å². The lowest BCUT2D eigenvalue weighted by atomic mass is 9.76. The zero-order valence-corrected chi connectivity index (χ0v) is 8.60. The number of rotatable bonds is 3. The van der Waals surface area contributed by atoms with Gasteiger partial charge in [0.2, 0.25) is 0 Å². The first-order valence-corrected chi connectivity index (χ1v) is 5.10. The quantitative estimate of drug-likeness (QED) is 0.800. The number of carbonyl (C=O) groups is 1. The lowest BCUT2D eigenvalue weighted by molar-refractivity contribution is -0.199. The smallest absolute Gasteiger partial charge is 0.378 e. The summed E-state index contributed by atoms with van der Waals surface area (Å²) in [5.74, 6) is -7.52. The fraction of sp³-hybridized carbons (Fsp3) is 0.900. The number of halogens is 3. The van der Waals surface area contributed by atoms with Gasteiger partial charge in [-0.3, -0.25) is 0 Å². The largest absolute Gasteiger partial charge is 0.477 e. The first-order valence-electron chi connectivity index (χ1n) is 5.10. The van der Waals surface area contributed by atoms with E-state index >= 15 is 0 Å². The summed E-state index contributed by atoms with van der Waals surface area (Å²) in [6, 6.07) is 0. The minimum Gasteiger partial charge on any atom is -0.477 e. The zero-order valence-electron chi connectivity index (χ0n) is 8.60. The van der Waals surface area contributed by atoms with Gasteiger partial charge in [-0.25, -0.2) is 9.18 Å². The molecule has 0 aromatic rings. The van der Waals surface area contributed by atoms with Gasteiger partial charge in [0.25, 0.3) is 0 Å². The molecule has 1 fully saturated rings. The molecule has 0 saturated heterocycles. The number of hydrogen-bond donors (Lipinski definition) is 1. The van der Waals surface area contributed by atoms with E-state index in [1.165, 1.54) is 0 Å². The van der Waals surface area contributed by atoms with Crippen molar-refractivity contribution in [2.24, 2.45) is 5.92 Å². The highest BCUT2D eigenvalue weighted by Crippen LogP contribution is 2.44. The van der Waals surface area contributed by atoms with Crippen LogP contribution >= 0.6 is 0 Å². The number of carboxylic acids is 1. The summed E-state index contributed by atoms with van der Waals surface area (Å²) in [6.07, 6.45) is 2.98. The average Bonchev–Trinajstić information content (AvgIpc) is 2.18. The van der Waals surface area contributed by atoms with Crippen molar-refractivity contribution < 1.29 is 23.1 Å². The van der Waals surface area contributed by atoms with Crippen molar-refractivity contribution in [2.75, 3.05) is 0 Å². The Kier molecular flexibility index (Phi) is 3.31. The molecule has 1 unspecified atom stereocenters. The maximum Gasteiger partial charge on any atom is 0.378 e. The van der Waals surface area contributed by atoms with Crippen LogP contribution in [-0.4, -0.2) is 22.7 Å². The van der Waals surface area contributed by atoms with Gasteiger partial charge in [0, 0.05) is 0 Å². The summed E-state index contributed by atoms with van der Waals surface area (Å²) in [6.45, 7) is 0.705. The van der Waals surface area contributed by atoms with Gasteiger partial charge in [-0.05, 0) is 25.7 Å². The monoisotopic (exact) mass is 224 g/mol. The van der Waals surface area contributed by atoms with Gasteiger partial charge in [0.05, 0.1) is 0 Å². The van der Waals surface area contributed by atoms with Crippen LogP contribution in [0.3, 0.4) is 0 Å². The van der Waals surface area contributed by atoms with Crippen molar-refractivity contribution >= 4 is 5.97 Å². The van der Waals surface area contributed by atoms with Crippen LogP contribution in [0.25, 0.3) is 0 Å². The fourth-order valence-corrected chi connectivity index (χ4v) is 2.11. The average molecular weight is 224 g/mol. The number of alkyl halides is 3. The van der Waals surface area contributed by atoms with Crippen LogP contribution in [0.4, 0.5) is 13.2 Å². The van der Waals surface area contributed by atoms with Crippen LogP contribution in [0, 0.1) is 5.92 Å². The Morgan fingerprint density at radius 3 is 2.07 bits per heavy atom. The third-order valence-electron chi connectivity index (χ3n) is 3.25. The van der Waals surface area contributed by atoms with Crippen molar-refractivity contribution in [1.82, 2.24) is 0 Å². The van der Waals surface area contributed by atoms with Gasteiger partial charge in [-0.1, -0.05) is 19.3 Å². The predicted molar refractivity (Wildman–Crippen MR) is 48.7 cm³/mol. The SMILES string of the molecule is CC(F)(C1CCCCC1)C(F)(F)C(=O)O. The molecule has 0 aliphatic heterocycles. The first kappa shape index (κ1) is 12.3. The van der Waals surface area contributed by atoms with E-state index in [9.17, 15) is 18.0 Å². The summed E-state index contributed by atoms with van der Waals surface area (Å²) in [4.78, 5) is 10.3. The summed E-state index contributed by atoms with van der Waals surface area (Å²) < 4.78 is 40.1. The molecule has 0 heterocycles. The fourth-order valence-electron chi connectivity index (χ4n) is 2.11. The van der Waals surface area contributed by atoms with Crippen LogP contribution in [0.1, 0.15) is 39.0 Å². The topological polar surface area (TPSA) is 37.3 Å². The summed E-state index contributed by atoms with van der Waals surface area (Å²) in [5, 5.41) is 8.32. The van der Waals surface area contributed by atoms with Crippen LogP contribution in [0.5, 0.6) is 0 Å². The van der Waals surface area contributed by atoms with Gasteiger partial charge >= 0.3 is 11.9 Å². The maximum atomic E-state index is 13.9. The van der Waals surface area contributed by atoms with Crippen molar-refractivity contribution in [3.8, 4) is 0 Å². The molecule has 1 N–H and O–H groups in total. The predicted octanol–water partition coefficient (Wildman–Crippen LogP) is 3.01. The lowest BCUT2D eigenvalue weighted by Gasteiger charge is -2.36. The van der Waals surface area contributed by atoms with Crippen LogP contribution in [-0.2, 0) is 4.79 Å². The second kappa shape index (κ2) is 4.02. The van der Waals surface area contributed by atoms with Gasteiger partial charge in [-0.15, -0.1) is 0 Å². The molecule has 0 amide bonds. The standard InChI is InChI=1S/C10H15F3O2/c1-9(11,10(12,13)8(14)15)7-5-3-2-4-6-7/h7H,2-6H2,1H3,(H,14,15). The molecule has 15 heavy (non-hydrogen) atoms. The van der Waals surface area contributed by atoms with E-state index in [4.69, 9.17) is 5.11 Å². The summed E-state index contributed by atoms with van der Waals surface area (Å²) in [5.41, 5.74) is -2.95. The third kappa shape index (κ3) is 2.11. The molecule has 0 spiro atoms. The number of aliphatic carboxylic acids is 1. The Bertz CT molecular complexity index is 245. The maximum absolute atomic E-state index is 13.9. The highest BCUT2D eigenvalue weighted by Gasteiger charge is 2.61. The van der Waals surface area contributed by atoms with Crippen LogP contribution in [0.2, 0.25) is 0 Å². The normalized spacial score (nSPS) is 23.5. The molecule has 1 atom stereocenters. The van der Waals surface area contributed by atoms with E-state index in [1.807, 2.05) is 0 Å². The molecule has 0 aromatic carbocycles. The van der Waals surface area contributed by atoms with E-state index in [-0.39, 0.29) is 0 Å². The van der Waals surface area contributed by atoms with Crippen LogP contribution < -0.4 is 0 Å².